The summed E-state index contributed by atoms with van der Waals surface area (Å²) in [5, 5.41) is 10.3. The Bertz CT molecular complexity index is 740. The molecule has 2 rings (SSSR count). The number of carbonyl (C=O) groups is 2. The molecule has 0 aliphatic rings. The number of esters is 1. The Morgan fingerprint density at radius 3 is 2.26 bits per heavy atom. The molecule has 2 aromatic rings. The van der Waals surface area contributed by atoms with E-state index in [2.05, 4.69) is 0 Å². The molecule has 0 amide bonds. The maximum absolute atomic E-state index is 13.7. The molecule has 0 saturated carbocycles. The van der Waals surface area contributed by atoms with E-state index in [4.69, 9.17) is 9.84 Å². The van der Waals surface area contributed by atoms with Crippen LogP contribution in [-0.2, 0) is 9.53 Å². The van der Waals surface area contributed by atoms with Crippen molar-refractivity contribution in [1.82, 2.24) is 0 Å². The molecule has 23 heavy (non-hydrogen) atoms. The molecule has 0 spiro atoms. The Morgan fingerprint density at radius 2 is 1.70 bits per heavy atom. The number of rotatable bonds is 5. The second-order valence-corrected chi connectivity index (χ2v) is 5.56. The largest absolute Gasteiger partial charge is 0.477 e. The average Bonchev–Trinajstić information content (AvgIpc) is 2.51. The van der Waals surface area contributed by atoms with E-state index in [9.17, 15) is 18.4 Å². The van der Waals surface area contributed by atoms with Gasteiger partial charge in [0.2, 0.25) is 0 Å². The van der Waals surface area contributed by atoms with Gasteiger partial charge in [-0.1, -0.05) is 44.2 Å². The molecule has 1 atom stereocenters. The number of carboxylic acids is 1. The minimum absolute atomic E-state index is 0.0931. The lowest BCUT2D eigenvalue weighted by atomic mass is 10.0. The third-order valence-electron chi connectivity index (χ3n) is 3.47. The lowest BCUT2D eigenvalue weighted by molar-refractivity contribution is -0.187. The van der Waals surface area contributed by atoms with Crippen LogP contribution in [0.1, 0.15) is 24.2 Å². The van der Waals surface area contributed by atoms with Gasteiger partial charge in [0.05, 0.1) is 5.56 Å². The number of hydrogen-bond donors (Lipinski definition) is 1. The third-order valence-corrected chi connectivity index (χ3v) is 3.47. The zero-order valence-electron chi connectivity index (χ0n) is 12.6. The Kier molecular flexibility index (Phi) is 4.63. The van der Waals surface area contributed by atoms with Crippen LogP contribution in [0, 0.1) is 5.92 Å². The van der Waals surface area contributed by atoms with Gasteiger partial charge in [-0.15, -0.1) is 0 Å². The SMILES string of the molecule is CC(C)[C@@H](OC(=O)c1ccc2ccccc2c1)C(F)(F)C(=O)O. The topological polar surface area (TPSA) is 63.6 Å². The average molecular weight is 322 g/mol. The quantitative estimate of drug-likeness (QED) is 0.852. The zero-order valence-corrected chi connectivity index (χ0v) is 12.6. The second-order valence-electron chi connectivity index (χ2n) is 5.56. The number of carboxylic acid groups (broad SMARTS) is 1. The zero-order chi connectivity index (χ0) is 17.2. The lowest BCUT2D eigenvalue weighted by Crippen LogP contribution is -2.47. The highest BCUT2D eigenvalue weighted by Gasteiger charge is 2.51. The highest BCUT2D eigenvalue weighted by Crippen LogP contribution is 2.28. The molecule has 0 saturated heterocycles. The fourth-order valence-corrected chi connectivity index (χ4v) is 2.25. The summed E-state index contributed by atoms with van der Waals surface area (Å²) in [5.74, 6) is -8.30. The molecular weight excluding hydrogens is 306 g/mol. The first-order valence-corrected chi connectivity index (χ1v) is 7.04. The Balaban J connectivity index is 2.28. The molecule has 0 unspecified atom stereocenters. The van der Waals surface area contributed by atoms with Crippen LogP contribution < -0.4 is 0 Å². The van der Waals surface area contributed by atoms with Gasteiger partial charge in [-0.05, 0) is 28.8 Å². The molecule has 122 valence electrons. The van der Waals surface area contributed by atoms with E-state index in [1.54, 1.807) is 18.2 Å². The summed E-state index contributed by atoms with van der Waals surface area (Å²) in [4.78, 5) is 22.8. The number of fused-ring (bicyclic) bond motifs is 1. The predicted molar refractivity (Wildman–Crippen MR) is 80.6 cm³/mol. The van der Waals surface area contributed by atoms with Crippen molar-refractivity contribution in [1.29, 1.82) is 0 Å². The van der Waals surface area contributed by atoms with E-state index >= 15 is 0 Å². The molecule has 1 N–H and O–H groups in total. The monoisotopic (exact) mass is 322 g/mol. The fourth-order valence-electron chi connectivity index (χ4n) is 2.25. The van der Waals surface area contributed by atoms with Gasteiger partial charge in [0.1, 0.15) is 0 Å². The van der Waals surface area contributed by atoms with Gasteiger partial charge in [-0.25, -0.2) is 9.59 Å². The van der Waals surface area contributed by atoms with E-state index < -0.39 is 29.9 Å². The minimum Gasteiger partial charge on any atom is -0.477 e. The van der Waals surface area contributed by atoms with Crippen molar-refractivity contribution in [3.05, 3.63) is 48.0 Å². The summed E-state index contributed by atoms with van der Waals surface area (Å²) in [6, 6.07) is 11.9. The van der Waals surface area contributed by atoms with Crippen molar-refractivity contribution >= 4 is 22.7 Å². The summed E-state index contributed by atoms with van der Waals surface area (Å²) >= 11 is 0. The number of carbonyl (C=O) groups excluding carboxylic acids is 1. The van der Waals surface area contributed by atoms with Gasteiger partial charge in [-0.2, -0.15) is 8.78 Å². The third kappa shape index (κ3) is 3.47. The van der Waals surface area contributed by atoms with Crippen molar-refractivity contribution in [2.24, 2.45) is 5.92 Å². The molecule has 0 aliphatic heterocycles. The van der Waals surface area contributed by atoms with E-state index in [0.717, 1.165) is 10.8 Å². The summed E-state index contributed by atoms with van der Waals surface area (Å²) in [6.45, 7) is 2.74. The Labute approximate surface area is 131 Å². The predicted octanol–water partition coefficient (Wildman–Crippen LogP) is 3.74. The maximum atomic E-state index is 13.7. The van der Waals surface area contributed by atoms with Crippen LogP contribution >= 0.6 is 0 Å². The van der Waals surface area contributed by atoms with E-state index in [1.807, 2.05) is 12.1 Å². The van der Waals surface area contributed by atoms with Crippen LogP contribution in [0.25, 0.3) is 10.8 Å². The molecule has 0 radical (unpaired) electrons. The van der Waals surface area contributed by atoms with Crippen LogP contribution in [0.2, 0.25) is 0 Å². The van der Waals surface area contributed by atoms with Gasteiger partial charge < -0.3 is 9.84 Å². The number of hydrogen-bond acceptors (Lipinski definition) is 3. The highest BCUT2D eigenvalue weighted by atomic mass is 19.3. The first-order chi connectivity index (χ1) is 10.7. The number of benzene rings is 2. The first-order valence-electron chi connectivity index (χ1n) is 7.04. The number of alkyl halides is 2. The van der Waals surface area contributed by atoms with E-state index in [1.165, 1.54) is 26.0 Å². The van der Waals surface area contributed by atoms with Crippen LogP contribution in [0.4, 0.5) is 8.78 Å². The first kappa shape index (κ1) is 16.9. The second kappa shape index (κ2) is 6.32. The fraction of sp³-hybridized carbons (Fsp3) is 0.294. The number of aliphatic carboxylic acids is 1. The molecular formula is C17H16F2O4. The summed E-state index contributed by atoms with van der Waals surface area (Å²) in [7, 11) is 0. The van der Waals surface area contributed by atoms with Gasteiger partial charge in [0.25, 0.3) is 0 Å². The van der Waals surface area contributed by atoms with E-state index in [-0.39, 0.29) is 5.56 Å². The van der Waals surface area contributed by atoms with Crippen molar-refractivity contribution in [2.45, 2.75) is 25.9 Å². The molecule has 0 aliphatic carbocycles. The van der Waals surface area contributed by atoms with E-state index in [0.29, 0.717) is 0 Å². The van der Waals surface area contributed by atoms with Crippen molar-refractivity contribution in [3.63, 3.8) is 0 Å². The van der Waals surface area contributed by atoms with Crippen LogP contribution in [0.15, 0.2) is 42.5 Å². The van der Waals surface area contributed by atoms with Crippen LogP contribution in [0.3, 0.4) is 0 Å². The maximum Gasteiger partial charge on any atom is 0.378 e. The van der Waals surface area contributed by atoms with Gasteiger partial charge >= 0.3 is 17.9 Å². The molecule has 0 fully saturated rings. The molecule has 0 bridgehead atoms. The highest BCUT2D eigenvalue weighted by molar-refractivity contribution is 5.95. The number of halogens is 2. The Morgan fingerprint density at radius 1 is 1.09 bits per heavy atom. The van der Waals surface area contributed by atoms with Crippen molar-refractivity contribution in [2.75, 3.05) is 0 Å². The molecule has 0 heterocycles. The normalized spacial score (nSPS) is 13.1. The molecule has 6 heteroatoms. The number of ether oxygens (including phenoxy) is 1. The summed E-state index contributed by atoms with van der Waals surface area (Å²) in [5.41, 5.74) is 0.0931. The molecule has 0 aromatic heterocycles. The van der Waals surface area contributed by atoms with Gasteiger partial charge in [0.15, 0.2) is 6.10 Å². The van der Waals surface area contributed by atoms with Crippen molar-refractivity contribution in [3.8, 4) is 0 Å². The molecule has 4 nitrogen and oxygen atoms in total. The van der Waals surface area contributed by atoms with Gasteiger partial charge in [0, 0.05) is 0 Å². The van der Waals surface area contributed by atoms with Crippen LogP contribution in [-0.4, -0.2) is 29.1 Å². The standard InChI is InChI=1S/C17H16F2O4/c1-10(2)14(17(18,19)16(21)22)23-15(20)13-8-7-11-5-3-4-6-12(11)9-13/h3-10,14H,1-2H3,(H,21,22)/t14-/m1/s1. The van der Waals surface area contributed by atoms with Crippen LogP contribution in [0.5, 0.6) is 0 Å². The van der Waals surface area contributed by atoms with Crippen molar-refractivity contribution < 1.29 is 28.2 Å². The lowest BCUT2D eigenvalue weighted by Gasteiger charge is -2.26. The molecule has 2 aromatic carbocycles. The minimum atomic E-state index is -4.15. The van der Waals surface area contributed by atoms with Gasteiger partial charge in [-0.3, -0.25) is 0 Å². The summed E-state index contributed by atoms with van der Waals surface area (Å²) < 4.78 is 32.2. The Hall–Kier alpha value is -2.50. The smallest absolute Gasteiger partial charge is 0.378 e. The summed E-state index contributed by atoms with van der Waals surface area (Å²) in [6.07, 6.45) is -2.04.